The lowest BCUT2D eigenvalue weighted by Gasteiger charge is -2.30. The van der Waals surface area contributed by atoms with Crippen LogP contribution >= 0.6 is 11.8 Å². The van der Waals surface area contributed by atoms with E-state index in [-0.39, 0.29) is 28.9 Å². The number of rotatable bonds is 4. The zero-order valence-electron chi connectivity index (χ0n) is 9.73. The van der Waals surface area contributed by atoms with Crippen molar-refractivity contribution in [2.45, 2.75) is 39.8 Å². The molecule has 1 amide bonds. The van der Waals surface area contributed by atoms with E-state index >= 15 is 0 Å². The summed E-state index contributed by atoms with van der Waals surface area (Å²) < 4.78 is 0. The van der Waals surface area contributed by atoms with E-state index in [4.69, 9.17) is 11.6 Å². The number of carbonyl (C=O) groups is 1. The molecule has 0 heterocycles. The van der Waals surface area contributed by atoms with Crippen molar-refractivity contribution < 1.29 is 4.79 Å². The second-order valence-electron chi connectivity index (χ2n) is 3.74. The molecule has 5 nitrogen and oxygen atoms in total. The molecule has 0 unspecified atom stereocenters. The summed E-state index contributed by atoms with van der Waals surface area (Å²) in [6.45, 7) is 7.96. The molecule has 0 aromatic heterocycles. The van der Waals surface area contributed by atoms with Crippen molar-refractivity contribution in [2.24, 2.45) is 16.7 Å². The van der Waals surface area contributed by atoms with E-state index in [2.05, 4.69) is 5.10 Å². The SMILES string of the molecule is CC(C)N(C(=O)CSC(N)=NN)C(C)C. The number of amidine groups is 1. The molecule has 0 fully saturated rings. The van der Waals surface area contributed by atoms with Gasteiger partial charge in [-0.15, -0.1) is 0 Å². The van der Waals surface area contributed by atoms with Gasteiger partial charge in [-0.1, -0.05) is 11.8 Å². The predicted molar refractivity (Wildman–Crippen MR) is 65.4 cm³/mol. The van der Waals surface area contributed by atoms with Gasteiger partial charge in [-0.3, -0.25) is 4.79 Å². The summed E-state index contributed by atoms with van der Waals surface area (Å²) in [6, 6.07) is 0.378. The molecule has 0 rings (SSSR count). The number of hydrogen-bond donors (Lipinski definition) is 2. The number of carbonyl (C=O) groups excluding carboxylic acids is 1. The highest BCUT2D eigenvalue weighted by Crippen LogP contribution is 2.09. The maximum absolute atomic E-state index is 11.8. The molecular formula is C9H20N4OS. The molecule has 0 atom stereocenters. The molecule has 0 aliphatic carbocycles. The summed E-state index contributed by atoms with van der Waals surface area (Å²) in [5, 5.41) is 3.53. The van der Waals surface area contributed by atoms with E-state index in [0.717, 1.165) is 11.8 Å². The summed E-state index contributed by atoms with van der Waals surface area (Å²) in [6.07, 6.45) is 0. The van der Waals surface area contributed by atoms with Gasteiger partial charge in [-0.2, -0.15) is 5.10 Å². The van der Waals surface area contributed by atoms with Gasteiger partial charge in [0.05, 0.1) is 5.75 Å². The largest absolute Gasteiger partial charge is 0.377 e. The first-order valence-corrected chi connectivity index (χ1v) is 5.86. The third kappa shape index (κ3) is 4.92. The Bertz CT molecular complexity index is 232. The topological polar surface area (TPSA) is 84.7 Å². The Labute approximate surface area is 95.2 Å². The molecule has 15 heavy (non-hydrogen) atoms. The van der Waals surface area contributed by atoms with Crippen molar-refractivity contribution in [1.29, 1.82) is 0 Å². The van der Waals surface area contributed by atoms with E-state index in [9.17, 15) is 4.79 Å². The average molecular weight is 232 g/mol. The van der Waals surface area contributed by atoms with Gasteiger partial charge in [-0.05, 0) is 27.7 Å². The first kappa shape index (κ1) is 14.1. The highest BCUT2D eigenvalue weighted by molar-refractivity contribution is 8.14. The van der Waals surface area contributed by atoms with Crippen molar-refractivity contribution in [3.63, 3.8) is 0 Å². The van der Waals surface area contributed by atoms with Crippen molar-refractivity contribution >= 4 is 22.8 Å². The maximum Gasteiger partial charge on any atom is 0.233 e. The average Bonchev–Trinajstić information content (AvgIpc) is 2.12. The quantitative estimate of drug-likeness (QED) is 0.321. The Balaban J connectivity index is 4.28. The Kier molecular flexibility index (Phi) is 6.15. The minimum Gasteiger partial charge on any atom is -0.377 e. The molecule has 0 saturated heterocycles. The molecule has 0 aliphatic heterocycles. The molecule has 0 aliphatic rings. The summed E-state index contributed by atoms with van der Waals surface area (Å²) in [5.41, 5.74) is 5.39. The second kappa shape index (κ2) is 6.55. The van der Waals surface area contributed by atoms with Crippen LogP contribution in [0.5, 0.6) is 0 Å². The molecule has 0 bridgehead atoms. The number of nitrogens with two attached hydrogens (primary N) is 2. The van der Waals surface area contributed by atoms with Crippen molar-refractivity contribution in [3.8, 4) is 0 Å². The molecule has 0 saturated carbocycles. The lowest BCUT2D eigenvalue weighted by Crippen LogP contribution is -2.43. The van der Waals surface area contributed by atoms with Crippen LogP contribution in [0.1, 0.15) is 27.7 Å². The minimum atomic E-state index is 0.0524. The van der Waals surface area contributed by atoms with E-state index in [0.29, 0.717) is 0 Å². The van der Waals surface area contributed by atoms with E-state index < -0.39 is 0 Å². The zero-order chi connectivity index (χ0) is 12.0. The molecule has 0 radical (unpaired) electrons. The van der Waals surface area contributed by atoms with Gasteiger partial charge < -0.3 is 16.5 Å². The van der Waals surface area contributed by atoms with Gasteiger partial charge in [0.15, 0.2) is 5.17 Å². The third-order valence-corrected chi connectivity index (χ3v) is 2.66. The van der Waals surface area contributed by atoms with Crippen LogP contribution in [0.25, 0.3) is 0 Å². The monoisotopic (exact) mass is 232 g/mol. The summed E-state index contributed by atoms with van der Waals surface area (Å²) >= 11 is 1.16. The van der Waals surface area contributed by atoms with Crippen LogP contribution in [-0.2, 0) is 4.79 Å². The van der Waals surface area contributed by atoms with Crippen molar-refractivity contribution in [3.05, 3.63) is 0 Å². The maximum atomic E-state index is 11.8. The number of nitrogens with zero attached hydrogens (tertiary/aromatic N) is 2. The van der Waals surface area contributed by atoms with E-state index in [1.54, 1.807) is 0 Å². The van der Waals surface area contributed by atoms with Crippen LogP contribution in [0.4, 0.5) is 0 Å². The lowest BCUT2D eigenvalue weighted by atomic mass is 10.2. The van der Waals surface area contributed by atoms with Crippen molar-refractivity contribution in [1.82, 2.24) is 4.90 Å². The first-order chi connectivity index (χ1) is 6.90. The fourth-order valence-corrected chi connectivity index (χ4v) is 1.91. The summed E-state index contributed by atoms with van der Waals surface area (Å²) in [7, 11) is 0. The molecular weight excluding hydrogens is 212 g/mol. The van der Waals surface area contributed by atoms with Crippen LogP contribution in [0.15, 0.2) is 5.10 Å². The highest BCUT2D eigenvalue weighted by Gasteiger charge is 2.19. The van der Waals surface area contributed by atoms with Gasteiger partial charge in [0.2, 0.25) is 5.91 Å². The van der Waals surface area contributed by atoms with Crippen LogP contribution in [0.2, 0.25) is 0 Å². The number of thioether (sulfide) groups is 1. The van der Waals surface area contributed by atoms with Gasteiger partial charge in [0, 0.05) is 12.1 Å². The Hall–Kier alpha value is -0.910. The van der Waals surface area contributed by atoms with Crippen LogP contribution in [0, 0.1) is 0 Å². The van der Waals surface area contributed by atoms with Gasteiger partial charge in [0.1, 0.15) is 0 Å². The minimum absolute atomic E-state index is 0.0524. The van der Waals surface area contributed by atoms with Crippen LogP contribution in [0.3, 0.4) is 0 Å². The lowest BCUT2D eigenvalue weighted by molar-refractivity contribution is -0.131. The second-order valence-corrected chi connectivity index (χ2v) is 4.74. The van der Waals surface area contributed by atoms with Crippen molar-refractivity contribution in [2.75, 3.05) is 5.75 Å². The van der Waals surface area contributed by atoms with Crippen LogP contribution in [-0.4, -0.2) is 33.8 Å². The standard InChI is InChI=1S/C9H20N4OS/c1-6(2)13(7(3)4)8(14)5-15-9(10)12-11/h6-7H,5,11H2,1-4H3,(H2,10,12). The highest BCUT2D eigenvalue weighted by atomic mass is 32.2. The summed E-state index contributed by atoms with van der Waals surface area (Å²) in [5.74, 6) is 5.30. The van der Waals surface area contributed by atoms with Gasteiger partial charge in [-0.25, -0.2) is 0 Å². The van der Waals surface area contributed by atoms with E-state index in [1.165, 1.54) is 0 Å². The molecule has 6 heteroatoms. The van der Waals surface area contributed by atoms with Gasteiger partial charge >= 0.3 is 0 Å². The molecule has 0 spiro atoms. The van der Waals surface area contributed by atoms with Gasteiger partial charge in [0.25, 0.3) is 0 Å². The molecule has 88 valence electrons. The zero-order valence-corrected chi connectivity index (χ0v) is 10.5. The number of hydrazone groups is 1. The Morgan fingerprint density at radius 1 is 1.33 bits per heavy atom. The van der Waals surface area contributed by atoms with E-state index in [1.807, 2.05) is 32.6 Å². The fraction of sp³-hybridized carbons (Fsp3) is 0.778. The van der Waals surface area contributed by atoms with Crippen LogP contribution < -0.4 is 11.6 Å². The predicted octanol–water partition coefficient (Wildman–Crippen LogP) is 0.553. The Morgan fingerprint density at radius 2 is 1.80 bits per heavy atom. The molecule has 4 N–H and O–H groups in total. The smallest absolute Gasteiger partial charge is 0.233 e. The fourth-order valence-electron chi connectivity index (χ4n) is 1.42. The molecule has 0 aromatic carbocycles. The number of hydrogen-bond acceptors (Lipinski definition) is 4. The summed E-state index contributed by atoms with van der Waals surface area (Å²) in [4.78, 5) is 13.6. The first-order valence-electron chi connectivity index (χ1n) is 4.87. The number of amides is 1. The third-order valence-electron chi connectivity index (χ3n) is 1.87. The Morgan fingerprint density at radius 3 is 2.13 bits per heavy atom. The normalized spacial score (nSPS) is 12.3. The molecule has 0 aromatic rings.